The number of aryl methyl sites for hydroxylation is 2. The highest BCUT2D eigenvalue weighted by molar-refractivity contribution is 5.66. The van der Waals surface area contributed by atoms with Crippen molar-refractivity contribution in [3.63, 3.8) is 0 Å². The molecule has 0 spiro atoms. The fourth-order valence-corrected chi connectivity index (χ4v) is 3.30. The Morgan fingerprint density at radius 3 is 1.52 bits per heavy atom. The van der Waals surface area contributed by atoms with Crippen LogP contribution >= 0.6 is 0 Å². The lowest BCUT2D eigenvalue weighted by Crippen LogP contribution is -2.11. The highest BCUT2D eigenvalue weighted by Gasteiger charge is 2.21. The van der Waals surface area contributed by atoms with Crippen LogP contribution in [0, 0.1) is 13.8 Å². The maximum Gasteiger partial charge on any atom is 0.513 e. The van der Waals surface area contributed by atoms with Gasteiger partial charge in [0, 0.05) is 5.92 Å². The minimum Gasteiger partial charge on any atom is -0.437 e. The molecular formula is C25H24O6. The molecule has 31 heavy (non-hydrogen) atoms. The number of hydrogen-bond acceptors (Lipinski definition) is 6. The largest absolute Gasteiger partial charge is 0.513 e. The summed E-state index contributed by atoms with van der Waals surface area (Å²) in [6.07, 6.45) is -1.55. The summed E-state index contributed by atoms with van der Waals surface area (Å²) in [7, 11) is 2.53. The average molecular weight is 420 g/mol. The number of carbonyl (C=O) groups is 2. The molecule has 0 radical (unpaired) electrons. The van der Waals surface area contributed by atoms with Crippen LogP contribution in [0.3, 0.4) is 0 Å². The van der Waals surface area contributed by atoms with Crippen molar-refractivity contribution in [2.75, 3.05) is 14.2 Å². The highest BCUT2D eigenvalue weighted by Crippen LogP contribution is 2.36. The maximum absolute atomic E-state index is 11.7. The Hall–Kier alpha value is -3.80. The molecule has 0 N–H and O–H groups in total. The summed E-state index contributed by atoms with van der Waals surface area (Å²) >= 11 is 0. The van der Waals surface area contributed by atoms with Crippen LogP contribution in [0.25, 0.3) is 0 Å². The molecule has 0 aliphatic carbocycles. The van der Waals surface area contributed by atoms with E-state index < -0.39 is 12.3 Å². The van der Waals surface area contributed by atoms with Gasteiger partial charge in [-0.25, -0.2) is 9.59 Å². The second-order valence-electron chi connectivity index (χ2n) is 7.01. The van der Waals surface area contributed by atoms with Crippen LogP contribution in [0.5, 0.6) is 11.5 Å². The second-order valence-corrected chi connectivity index (χ2v) is 7.01. The molecule has 160 valence electrons. The summed E-state index contributed by atoms with van der Waals surface area (Å²) in [5.41, 5.74) is 4.45. The SMILES string of the molecule is COC(=O)Oc1cc(C(c2ccccc2)c2ccc(C)c(OC(=O)OC)c2)ccc1C. The van der Waals surface area contributed by atoms with Crippen molar-refractivity contribution in [2.24, 2.45) is 0 Å². The standard InChI is InChI=1S/C25H24O6/c1-16-10-12-19(14-21(16)30-24(26)28-3)23(18-8-6-5-7-9-18)20-13-11-17(2)22(15-20)31-25(27)29-4/h5-15,23H,1-4H3. The van der Waals surface area contributed by atoms with Crippen molar-refractivity contribution in [1.82, 2.24) is 0 Å². The lowest BCUT2D eigenvalue weighted by atomic mass is 9.84. The number of carbonyl (C=O) groups excluding carboxylic acids is 2. The average Bonchev–Trinajstić information content (AvgIpc) is 2.78. The van der Waals surface area contributed by atoms with Gasteiger partial charge in [-0.1, -0.05) is 54.6 Å². The van der Waals surface area contributed by atoms with Crippen LogP contribution in [0.1, 0.15) is 33.7 Å². The molecule has 0 bridgehead atoms. The first-order valence-electron chi connectivity index (χ1n) is 9.70. The van der Waals surface area contributed by atoms with E-state index in [9.17, 15) is 9.59 Å². The zero-order valence-corrected chi connectivity index (χ0v) is 17.9. The van der Waals surface area contributed by atoms with Gasteiger partial charge in [-0.2, -0.15) is 0 Å². The Morgan fingerprint density at radius 2 is 1.10 bits per heavy atom. The molecule has 0 aromatic heterocycles. The van der Waals surface area contributed by atoms with E-state index in [0.29, 0.717) is 11.5 Å². The number of hydrogen-bond donors (Lipinski definition) is 0. The van der Waals surface area contributed by atoms with Gasteiger partial charge in [0.2, 0.25) is 0 Å². The Bertz CT molecular complexity index is 1010. The molecule has 0 saturated carbocycles. The van der Waals surface area contributed by atoms with Gasteiger partial charge in [0.1, 0.15) is 11.5 Å². The van der Waals surface area contributed by atoms with E-state index in [1.54, 1.807) is 0 Å². The van der Waals surface area contributed by atoms with E-state index in [4.69, 9.17) is 9.47 Å². The highest BCUT2D eigenvalue weighted by atomic mass is 16.7. The van der Waals surface area contributed by atoms with Gasteiger partial charge in [0.15, 0.2) is 0 Å². The quantitative estimate of drug-likeness (QED) is 0.296. The van der Waals surface area contributed by atoms with Gasteiger partial charge in [-0.3, -0.25) is 0 Å². The van der Waals surface area contributed by atoms with Crippen LogP contribution in [0.4, 0.5) is 9.59 Å². The molecule has 0 aliphatic heterocycles. The lowest BCUT2D eigenvalue weighted by molar-refractivity contribution is 0.120. The first kappa shape index (κ1) is 21.9. The monoisotopic (exact) mass is 420 g/mol. The molecule has 0 fully saturated rings. The molecule has 0 amide bonds. The molecular weight excluding hydrogens is 396 g/mol. The number of rotatable bonds is 5. The smallest absolute Gasteiger partial charge is 0.437 e. The van der Waals surface area contributed by atoms with Crippen molar-refractivity contribution in [3.8, 4) is 11.5 Å². The van der Waals surface area contributed by atoms with Crippen LogP contribution in [-0.2, 0) is 9.47 Å². The van der Waals surface area contributed by atoms with E-state index in [0.717, 1.165) is 27.8 Å². The maximum atomic E-state index is 11.7. The summed E-state index contributed by atoms with van der Waals surface area (Å²) in [6.45, 7) is 3.71. The number of ether oxygens (including phenoxy) is 4. The number of methoxy groups -OCH3 is 2. The first-order chi connectivity index (χ1) is 14.9. The molecule has 0 heterocycles. The molecule has 3 aromatic rings. The van der Waals surface area contributed by atoms with Crippen molar-refractivity contribution < 1.29 is 28.5 Å². The molecule has 6 nitrogen and oxygen atoms in total. The van der Waals surface area contributed by atoms with E-state index >= 15 is 0 Å². The molecule has 0 saturated heterocycles. The van der Waals surface area contributed by atoms with E-state index in [1.165, 1.54) is 14.2 Å². The van der Waals surface area contributed by atoms with Crippen LogP contribution in [-0.4, -0.2) is 26.5 Å². The fourth-order valence-electron chi connectivity index (χ4n) is 3.30. The first-order valence-corrected chi connectivity index (χ1v) is 9.70. The van der Waals surface area contributed by atoms with Crippen molar-refractivity contribution in [3.05, 3.63) is 94.5 Å². The lowest BCUT2D eigenvalue weighted by Gasteiger charge is -2.21. The zero-order chi connectivity index (χ0) is 22.4. The van der Waals surface area contributed by atoms with Crippen molar-refractivity contribution >= 4 is 12.3 Å². The van der Waals surface area contributed by atoms with Gasteiger partial charge in [0.25, 0.3) is 0 Å². The molecule has 3 aromatic carbocycles. The minimum absolute atomic E-state index is 0.192. The Labute approximate surface area is 181 Å². The number of benzene rings is 3. The Kier molecular flexibility index (Phi) is 6.92. The zero-order valence-electron chi connectivity index (χ0n) is 17.9. The van der Waals surface area contributed by atoms with Gasteiger partial charge >= 0.3 is 12.3 Å². The third kappa shape index (κ3) is 5.22. The van der Waals surface area contributed by atoms with Gasteiger partial charge in [0.05, 0.1) is 14.2 Å². The molecule has 0 atom stereocenters. The van der Waals surface area contributed by atoms with Crippen molar-refractivity contribution in [2.45, 2.75) is 19.8 Å². The third-order valence-electron chi connectivity index (χ3n) is 4.94. The third-order valence-corrected chi connectivity index (χ3v) is 4.94. The fraction of sp³-hybridized carbons (Fsp3) is 0.200. The van der Waals surface area contributed by atoms with Gasteiger partial charge < -0.3 is 18.9 Å². The topological polar surface area (TPSA) is 71.1 Å². The Balaban J connectivity index is 2.11. The molecule has 0 unspecified atom stereocenters. The minimum atomic E-state index is -0.777. The summed E-state index contributed by atoms with van der Waals surface area (Å²) < 4.78 is 19.9. The van der Waals surface area contributed by atoms with Crippen LogP contribution in [0.2, 0.25) is 0 Å². The van der Waals surface area contributed by atoms with E-state index in [-0.39, 0.29) is 5.92 Å². The Morgan fingerprint density at radius 1 is 0.645 bits per heavy atom. The van der Waals surface area contributed by atoms with Crippen molar-refractivity contribution in [1.29, 1.82) is 0 Å². The predicted octanol–water partition coefficient (Wildman–Crippen LogP) is 5.77. The molecule has 3 rings (SSSR count). The summed E-state index contributed by atoms with van der Waals surface area (Å²) in [5, 5.41) is 0. The normalized spacial score (nSPS) is 10.5. The molecule has 6 heteroatoms. The summed E-state index contributed by atoms with van der Waals surface area (Å²) in [4.78, 5) is 23.3. The van der Waals surface area contributed by atoms with E-state index in [2.05, 4.69) is 9.47 Å². The van der Waals surface area contributed by atoms with E-state index in [1.807, 2.05) is 80.6 Å². The molecule has 0 aliphatic rings. The summed E-state index contributed by atoms with van der Waals surface area (Å²) in [6, 6.07) is 21.3. The predicted molar refractivity (Wildman–Crippen MR) is 116 cm³/mol. The van der Waals surface area contributed by atoms with Gasteiger partial charge in [-0.15, -0.1) is 0 Å². The van der Waals surface area contributed by atoms with Crippen LogP contribution in [0.15, 0.2) is 66.7 Å². The summed E-state index contributed by atoms with van der Waals surface area (Å²) in [5.74, 6) is 0.647. The van der Waals surface area contributed by atoms with Gasteiger partial charge in [-0.05, 0) is 53.8 Å². The van der Waals surface area contributed by atoms with Crippen LogP contribution < -0.4 is 9.47 Å². The second kappa shape index (κ2) is 9.80.